The van der Waals surface area contributed by atoms with Crippen molar-refractivity contribution in [2.45, 2.75) is 44.2 Å². The topological polar surface area (TPSA) is 75.4 Å². The Balaban J connectivity index is 2.22. The minimum atomic E-state index is -3.50. The molecule has 0 spiro atoms. The first-order valence-corrected chi connectivity index (χ1v) is 7.96. The molecule has 6 nitrogen and oxygen atoms in total. The molecule has 1 saturated heterocycles. The molecule has 1 aromatic rings. The van der Waals surface area contributed by atoms with Gasteiger partial charge in [-0.15, -0.1) is 0 Å². The Morgan fingerprint density at radius 2 is 2.26 bits per heavy atom. The van der Waals surface area contributed by atoms with Gasteiger partial charge in [-0.05, 0) is 26.2 Å². The van der Waals surface area contributed by atoms with Crippen molar-refractivity contribution in [1.29, 1.82) is 0 Å². The van der Waals surface area contributed by atoms with E-state index in [1.54, 1.807) is 17.8 Å². The third kappa shape index (κ3) is 2.68. The predicted octanol–water partition coefficient (Wildman–Crippen LogP) is 0.684. The monoisotopic (exact) mass is 287 g/mol. The Kier molecular flexibility index (Phi) is 3.72. The van der Waals surface area contributed by atoms with E-state index in [0.717, 1.165) is 0 Å². The molecule has 0 aromatic carbocycles. The zero-order valence-electron chi connectivity index (χ0n) is 11.6. The summed E-state index contributed by atoms with van der Waals surface area (Å²) in [7, 11) is -3.50. The third-order valence-corrected chi connectivity index (χ3v) is 5.80. The van der Waals surface area contributed by atoms with Gasteiger partial charge in [0.25, 0.3) is 0 Å². The van der Waals surface area contributed by atoms with Crippen molar-refractivity contribution in [2.24, 2.45) is 5.92 Å². The number of aromatic nitrogens is 2. The first-order chi connectivity index (χ1) is 8.77. The van der Waals surface area contributed by atoms with Crippen molar-refractivity contribution >= 4 is 10.0 Å². The highest BCUT2D eigenvalue weighted by molar-refractivity contribution is 7.89. The smallest absolute Gasteiger partial charge is 0.246 e. The van der Waals surface area contributed by atoms with E-state index in [9.17, 15) is 13.5 Å². The molecule has 2 atom stereocenters. The highest BCUT2D eigenvalue weighted by atomic mass is 32.2. The Morgan fingerprint density at radius 3 is 2.79 bits per heavy atom. The number of hydrogen-bond acceptors (Lipinski definition) is 4. The minimum absolute atomic E-state index is 0.0859. The van der Waals surface area contributed by atoms with Gasteiger partial charge in [0.2, 0.25) is 10.0 Å². The number of sulfonamides is 1. The minimum Gasteiger partial charge on any atom is -0.390 e. The maximum Gasteiger partial charge on any atom is 0.246 e. The van der Waals surface area contributed by atoms with Crippen molar-refractivity contribution in [3.63, 3.8) is 0 Å². The van der Waals surface area contributed by atoms with Gasteiger partial charge in [0.15, 0.2) is 0 Å². The molecule has 2 heterocycles. The number of aryl methyl sites for hydroxylation is 1. The molecule has 0 aliphatic carbocycles. The van der Waals surface area contributed by atoms with E-state index in [2.05, 4.69) is 5.10 Å². The Morgan fingerprint density at radius 1 is 1.58 bits per heavy atom. The molecule has 0 unspecified atom stereocenters. The summed E-state index contributed by atoms with van der Waals surface area (Å²) in [6.45, 7) is 6.86. The average molecular weight is 287 g/mol. The van der Waals surface area contributed by atoms with Crippen LogP contribution in [0.4, 0.5) is 0 Å². The zero-order valence-corrected chi connectivity index (χ0v) is 12.4. The Bertz CT molecular complexity index is 550. The van der Waals surface area contributed by atoms with E-state index in [-0.39, 0.29) is 10.8 Å². The summed E-state index contributed by atoms with van der Waals surface area (Å²) < 4.78 is 28.0. The second-order valence-electron chi connectivity index (χ2n) is 5.40. The SMILES string of the molecule is CCn1cc(S(=O)(=O)N2CC[C@@](C)(O)[C@@H](C)C2)cn1. The molecule has 108 valence electrons. The van der Waals surface area contributed by atoms with E-state index < -0.39 is 15.6 Å². The molecule has 1 aromatic heterocycles. The molecule has 1 fully saturated rings. The van der Waals surface area contributed by atoms with Crippen LogP contribution in [0.3, 0.4) is 0 Å². The lowest BCUT2D eigenvalue weighted by Gasteiger charge is -2.40. The van der Waals surface area contributed by atoms with Crippen LogP contribution in [-0.2, 0) is 16.6 Å². The second-order valence-corrected chi connectivity index (χ2v) is 7.34. The van der Waals surface area contributed by atoms with Gasteiger partial charge in [-0.2, -0.15) is 9.40 Å². The molecule has 1 N–H and O–H groups in total. The summed E-state index contributed by atoms with van der Waals surface area (Å²) in [5.41, 5.74) is -0.792. The predicted molar refractivity (Wildman–Crippen MR) is 71.1 cm³/mol. The highest BCUT2D eigenvalue weighted by Gasteiger charge is 2.39. The van der Waals surface area contributed by atoms with E-state index in [1.165, 1.54) is 10.5 Å². The van der Waals surface area contributed by atoms with Gasteiger partial charge in [-0.25, -0.2) is 8.42 Å². The maximum absolute atomic E-state index is 12.5. The molecule has 0 saturated carbocycles. The van der Waals surface area contributed by atoms with Crippen LogP contribution in [0.25, 0.3) is 0 Å². The maximum atomic E-state index is 12.5. The van der Waals surface area contributed by atoms with E-state index >= 15 is 0 Å². The average Bonchev–Trinajstić information content (AvgIpc) is 2.81. The van der Waals surface area contributed by atoms with Crippen molar-refractivity contribution in [1.82, 2.24) is 14.1 Å². The van der Waals surface area contributed by atoms with Gasteiger partial charge in [-0.3, -0.25) is 4.68 Å². The quantitative estimate of drug-likeness (QED) is 0.887. The van der Waals surface area contributed by atoms with Crippen LogP contribution in [0.5, 0.6) is 0 Å². The molecule has 0 bridgehead atoms. The number of hydrogen-bond donors (Lipinski definition) is 1. The van der Waals surface area contributed by atoms with Gasteiger partial charge in [0.05, 0.1) is 11.8 Å². The van der Waals surface area contributed by atoms with E-state index in [4.69, 9.17) is 0 Å². The fourth-order valence-corrected chi connectivity index (χ4v) is 3.69. The van der Waals surface area contributed by atoms with Gasteiger partial charge < -0.3 is 5.11 Å². The molecule has 1 aliphatic rings. The van der Waals surface area contributed by atoms with Crippen LogP contribution in [0.2, 0.25) is 0 Å². The molecule has 0 radical (unpaired) electrons. The van der Waals surface area contributed by atoms with Gasteiger partial charge in [0.1, 0.15) is 4.90 Å². The number of piperidine rings is 1. The van der Waals surface area contributed by atoms with Crippen LogP contribution < -0.4 is 0 Å². The van der Waals surface area contributed by atoms with Crippen LogP contribution in [0, 0.1) is 5.92 Å². The molecular weight excluding hydrogens is 266 g/mol. The largest absolute Gasteiger partial charge is 0.390 e. The first-order valence-electron chi connectivity index (χ1n) is 6.52. The lowest BCUT2D eigenvalue weighted by Crippen LogP contribution is -2.50. The lowest BCUT2D eigenvalue weighted by atomic mass is 9.85. The number of nitrogens with zero attached hydrogens (tertiary/aromatic N) is 3. The van der Waals surface area contributed by atoms with E-state index in [0.29, 0.717) is 26.1 Å². The molecule has 19 heavy (non-hydrogen) atoms. The number of aliphatic hydroxyl groups is 1. The summed E-state index contributed by atoms with van der Waals surface area (Å²) in [5, 5.41) is 14.1. The van der Waals surface area contributed by atoms with Gasteiger partial charge in [0, 0.05) is 25.8 Å². The number of rotatable bonds is 3. The van der Waals surface area contributed by atoms with Crippen molar-refractivity contribution < 1.29 is 13.5 Å². The normalized spacial score (nSPS) is 29.6. The van der Waals surface area contributed by atoms with Gasteiger partial charge >= 0.3 is 0 Å². The summed E-state index contributed by atoms with van der Waals surface area (Å²) in [5.74, 6) is -0.0859. The van der Waals surface area contributed by atoms with Crippen LogP contribution in [-0.4, -0.2) is 46.3 Å². The zero-order chi connectivity index (χ0) is 14.3. The fourth-order valence-electron chi connectivity index (χ4n) is 2.21. The molecule has 1 aliphatic heterocycles. The third-order valence-electron chi connectivity index (χ3n) is 3.98. The van der Waals surface area contributed by atoms with Crippen molar-refractivity contribution in [2.75, 3.05) is 13.1 Å². The van der Waals surface area contributed by atoms with Gasteiger partial charge in [-0.1, -0.05) is 6.92 Å². The van der Waals surface area contributed by atoms with E-state index in [1.807, 2.05) is 13.8 Å². The Labute approximate surface area is 114 Å². The summed E-state index contributed by atoms with van der Waals surface area (Å²) in [6, 6.07) is 0. The second kappa shape index (κ2) is 4.88. The molecule has 7 heteroatoms. The Hall–Kier alpha value is -0.920. The summed E-state index contributed by atoms with van der Waals surface area (Å²) >= 11 is 0. The molecule has 0 amide bonds. The fraction of sp³-hybridized carbons (Fsp3) is 0.750. The highest BCUT2D eigenvalue weighted by Crippen LogP contribution is 2.30. The summed E-state index contributed by atoms with van der Waals surface area (Å²) in [6.07, 6.45) is 3.39. The van der Waals surface area contributed by atoms with Crippen LogP contribution >= 0.6 is 0 Å². The molecule has 2 rings (SSSR count). The van der Waals surface area contributed by atoms with Crippen LogP contribution in [0.1, 0.15) is 27.2 Å². The summed E-state index contributed by atoms with van der Waals surface area (Å²) in [4.78, 5) is 0.225. The first kappa shape index (κ1) is 14.5. The molecular formula is C12H21N3O3S. The standard InChI is InChI=1S/C12H21N3O3S/c1-4-14-9-11(7-13-14)19(17,18)15-6-5-12(3,16)10(2)8-15/h7,9-10,16H,4-6,8H2,1-3H3/t10-,12+/m0/s1. The lowest BCUT2D eigenvalue weighted by molar-refractivity contribution is -0.0333. The van der Waals surface area contributed by atoms with Crippen LogP contribution in [0.15, 0.2) is 17.3 Å². The van der Waals surface area contributed by atoms with Crippen molar-refractivity contribution in [3.05, 3.63) is 12.4 Å². The van der Waals surface area contributed by atoms with Crippen molar-refractivity contribution in [3.8, 4) is 0 Å².